The fourth-order valence-electron chi connectivity index (χ4n) is 4.82. The molecule has 0 saturated carbocycles. The number of pyridine rings is 1. The number of rotatable bonds is 8. The highest BCUT2D eigenvalue weighted by atomic mass is 35.5. The molecule has 0 aliphatic heterocycles. The maximum Gasteiger partial charge on any atom is 0.405 e. The van der Waals surface area contributed by atoms with Crippen LogP contribution >= 0.6 is 11.6 Å². The van der Waals surface area contributed by atoms with Crippen LogP contribution in [-0.2, 0) is 23.5 Å². The summed E-state index contributed by atoms with van der Waals surface area (Å²) >= 11 is 6.55. The van der Waals surface area contributed by atoms with Crippen LogP contribution in [0, 0.1) is 23.5 Å². The van der Waals surface area contributed by atoms with Crippen molar-refractivity contribution in [2.24, 2.45) is 7.05 Å². The Hall–Kier alpha value is -4.45. The number of fused-ring (bicyclic) bond motifs is 1. The zero-order valence-corrected chi connectivity index (χ0v) is 26.8. The van der Waals surface area contributed by atoms with Gasteiger partial charge < -0.3 is 20.4 Å². The summed E-state index contributed by atoms with van der Waals surface area (Å²) < 4.78 is 56.4. The van der Waals surface area contributed by atoms with E-state index in [4.69, 9.17) is 16.6 Å². The van der Waals surface area contributed by atoms with Crippen molar-refractivity contribution < 1.29 is 32.2 Å². The van der Waals surface area contributed by atoms with Gasteiger partial charge in [0.15, 0.2) is 5.82 Å². The fourth-order valence-corrected chi connectivity index (χ4v) is 5.55. The molecule has 4 rings (SSSR count). The predicted molar refractivity (Wildman–Crippen MR) is 169 cm³/mol. The minimum Gasteiger partial charge on any atom is -0.465 e. The van der Waals surface area contributed by atoms with Gasteiger partial charge in [-0.2, -0.15) is 5.10 Å². The second-order valence-corrected chi connectivity index (χ2v) is 13.3. The third-order valence-corrected chi connectivity index (χ3v) is 7.38. The van der Waals surface area contributed by atoms with Gasteiger partial charge in [-0.3, -0.25) is 9.40 Å². The van der Waals surface area contributed by atoms with E-state index in [1.165, 1.54) is 24.6 Å². The van der Waals surface area contributed by atoms with Crippen molar-refractivity contribution in [2.75, 3.05) is 30.0 Å². The van der Waals surface area contributed by atoms with Gasteiger partial charge in [-0.1, -0.05) is 23.6 Å². The first kappa shape index (κ1) is 33.4. The first-order valence-electron chi connectivity index (χ1n) is 13.4. The molecule has 0 saturated heterocycles. The molecule has 11 nitrogen and oxygen atoms in total. The Labute approximate surface area is 263 Å². The lowest BCUT2D eigenvalue weighted by Gasteiger charge is -2.24. The Kier molecular flexibility index (Phi) is 9.30. The number of hydrogen-bond donors (Lipinski definition) is 4. The van der Waals surface area contributed by atoms with E-state index in [0.29, 0.717) is 28.4 Å². The molecule has 15 heteroatoms. The van der Waals surface area contributed by atoms with Crippen molar-refractivity contribution in [3.05, 3.63) is 70.0 Å². The number of hydrogen-bond acceptors (Lipinski definition) is 7. The highest BCUT2D eigenvalue weighted by Gasteiger charge is 2.27. The zero-order chi connectivity index (χ0) is 33.4. The van der Waals surface area contributed by atoms with Crippen LogP contribution < -0.4 is 14.9 Å². The van der Waals surface area contributed by atoms with Crippen LogP contribution in [0.5, 0.6) is 0 Å². The van der Waals surface area contributed by atoms with Gasteiger partial charge in [0, 0.05) is 38.3 Å². The molecule has 45 heavy (non-hydrogen) atoms. The first-order valence-corrected chi connectivity index (χ1v) is 15.7. The Morgan fingerprint density at radius 3 is 2.36 bits per heavy atom. The number of nitrogens with one attached hydrogen (secondary N) is 2. The third kappa shape index (κ3) is 7.99. The summed E-state index contributed by atoms with van der Waals surface area (Å²) in [5.74, 6) is 3.89. The standard InChI is InChI=1S/C30H31ClF2N6O5S/c1-30(2,42)10-9-22-24(38(3)4)15-20(19-7-8-21(31)25-27(19)39(5)36-28(25)37-45(6,43)44)26(34-22)23(35-29(40)41)13-16-11-17(32)14-18(33)12-16/h7-8,11-12,14-15,23,35,42H,13H2,1-6H3,(H,36,37)(H,40,41). The van der Waals surface area contributed by atoms with Crippen molar-refractivity contribution >= 4 is 50.1 Å². The van der Waals surface area contributed by atoms with Crippen molar-refractivity contribution in [3.63, 3.8) is 0 Å². The Morgan fingerprint density at radius 1 is 1.16 bits per heavy atom. The second kappa shape index (κ2) is 12.5. The molecular weight excluding hydrogens is 630 g/mol. The fraction of sp³-hybridized carbons (Fsp3) is 0.300. The summed E-state index contributed by atoms with van der Waals surface area (Å²) in [7, 11) is 1.33. The highest BCUT2D eigenvalue weighted by Crippen LogP contribution is 2.41. The molecule has 4 aromatic rings. The van der Waals surface area contributed by atoms with E-state index in [1.807, 2.05) is 0 Å². The maximum atomic E-state index is 14.2. The molecule has 0 aliphatic rings. The molecule has 0 radical (unpaired) electrons. The highest BCUT2D eigenvalue weighted by molar-refractivity contribution is 7.92. The van der Waals surface area contributed by atoms with Crippen LogP contribution in [0.1, 0.15) is 36.8 Å². The van der Waals surface area contributed by atoms with Crippen molar-refractivity contribution in [1.29, 1.82) is 0 Å². The van der Waals surface area contributed by atoms with Gasteiger partial charge in [-0.25, -0.2) is 27.0 Å². The normalized spacial score (nSPS) is 12.4. The monoisotopic (exact) mass is 660 g/mol. The van der Waals surface area contributed by atoms with Crippen LogP contribution in [-0.4, -0.2) is 65.4 Å². The number of sulfonamides is 1. The van der Waals surface area contributed by atoms with E-state index in [2.05, 4.69) is 27.0 Å². The number of carboxylic acid groups (broad SMARTS) is 1. The van der Waals surface area contributed by atoms with E-state index in [0.717, 1.165) is 18.4 Å². The van der Waals surface area contributed by atoms with E-state index >= 15 is 0 Å². The van der Waals surface area contributed by atoms with Crippen LogP contribution in [0.4, 0.5) is 25.1 Å². The number of anilines is 2. The first-order chi connectivity index (χ1) is 20.8. The second-order valence-electron chi connectivity index (χ2n) is 11.1. The third-order valence-electron chi connectivity index (χ3n) is 6.50. The van der Waals surface area contributed by atoms with Gasteiger partial charge in [0.05, 0.1) is 39.6 Å². The van der Waals surface area contributed by atoms with Crippen LogP contribution in [0.25, 0.3) is 22.0 Å². The van der Waals surface area contributed by atoms with Crippen LogP contribution in [0.2, 0.25) is 5.02 Å². The Balaban J connectivity index is 2.11. The number of aryl methyl sites for hydroxylation is 1. The molecule has 2 heterocycles. The minimum absolute atomic E-state index is 0.0210. The molecular formula is C30H31ClF2N6O5S. The zero-order valence-electron chi connectivity index (χ0n) is 25.2. The van der Waals surface area contributed by atoms with Gasteiger partial charge in [0.2, 0.25) is 10.0 Å². The summed E-state index contributed by atoms with van der Waals surface area (Å²) in [6.07, 6.45) is -0.655. The molecule has 0 aliphatic carbocycles. The van der Waals surface area contributed by atoms with Gasteiger partial charge in [0.1, 0.15) is 22.9 Å². The summed E-state index contributed by atoms with van der Waals surface area (Å²) in [5, 5.41) is 27.3. The SMILES string of the molecule is CN(C)c1cc(-c2ccc(Cl)c3c(NS(C)(=O)=O)nn(C)c23)c(C(Cc2cc(F)cc(F)c2)NC(=O)O)nc1C#CC(C)(C)O. The van der Waals surface area contributed by atoms with Gasteiger partial charge >= 0.3 is 6.09 Å². The molecule has 2 aromatic carbocycles. The van der Waals surface area contributed by atoms with Gasteiger partial charge in [0.25, 0.3) is 0 Å². The topological polar surface area (TPSA) is 150 Å². The van der Waals surface area contributed by atoms with Crippen molar-refractivity contribution in [3.8, 4) is 23.0 Å². The van der Waals surface area contributed by atoms with Crippen LogP contribution in [0.15, 0.2) is 36.4 Å². The summed E-state index contributed by atoms with van der Waals surface area (Å²) in [6, 6.07) is 6.62. The smallest absolute Gasteiger partial charge is 0.405 e. The molecule has 238 valence electrons. The lowest BCUT2D eigenvalue weighted by Crippen LogP contribution is -2.30. The average Bonchev–Trinajstić information content (AvgIpc) is 3.20. The summed E-state index contributed by atoms with van der Waals surface area (Å²) in [5.41, 5.74) is 0.801. The Bertz CT molecular complexity index is 1960. The largest absolute Gasteiger partial charge is 0.465 e. The number of nitrogens with zero attached hydrogens (tertiary/aromatic N) is 4. The minimum atomic E-state index is -3.74. The lowest BCUT2D eigenvalue weighted by molar-refractivity contribution is 0.143. The number of aliphatic hydroxyl groups is 1. The molecule has 0 fully saturated rings. The predicted octanol–water partition coefficient (Wildman–Crippen LogP) is 4.68. The lowest BCUT2D eigenvalue weighted by atomic mass is 9.93. The number of amides is 1. The van der Waals surface area contributed by atoms with Crippen molar-refractivity contribution in [2.45, 2.75) is 31.9 Å². The number of benzene rings is 2. The summed E-state index contributed by atoms with van der Waals surface area (Å²) in [4.78, 5) is 18.6. The average molecular weight is 661 g/mol. The quantitative estimate of drug-likeness (QED) is 0.199. The molecule has 1 amide bonds. The molecule has 4 N–H and O–H groups in total. The van der Waals surface area contributed by atoms with E-state index in [9.17, 15) is 32.2 Å². The molecule has 1 unspecified atom stereocenters. The maximum absolute atomic E-state index is 14.2. The Morgan fingerprint density at radius 2 is 1.80 bits per heavy atom. The summed E-state index contributed by atoms with van der Waals surface area (Å²) in [6.45, 7) is 2.99. The number of carbonyl (C=O) groups is 1. The molecule has 0 bridgehead atoms. The van der Waals surface area contributed by atoms with Crippen molar-refractivity contribution in [1.82, 2.24) is 20.1 Å². The van der Waals surface area contributed by atoms with E-state index < -0.39 is 39.4 Å². The number of aromatic nitrogens is 3. The van der Waals surface area contributed by atoms with E-state index in [1.54, 1.807) is 38.2 Å². The molecule has 1 atom stereocenters. The molecule has 2 aromatic heterocycles. The number of halogens is 3. The molecule has 0 spiro atoms. The van der Waals surface area contributed by atoms with Gasteiger partial charge in [-0.05, 0) is 56.0 Å². The van der Waals surface area contributed by atoms with E-state index in [-0.39, 0.29) is 39.6 Å². The van der Waals surface area contributed by atoms with Gasteiger partial charge in [-0.15, -0.1) is 0 Å². The van der Waals surface area contributed by atoms with Crippen LogP contribution in [0.3, 0.4) is 0 Å².